The van der Waals surface area contributed by atoms with Crippen molar-refractivity contribution in [2.24, 2.45) is 0 Å². The van der Waals surface area contributed by atoms with Crippen LogP contribution < -0.4 is 10.1 Å². The molecule has 5 heteroatoms. The number of rotatable bonds is 4. The van der Waals surface area contributed by atoms with Gasteiger partial charge in [-0.15, -0.1) is 0 Å². The Kier molecular flexibility index (Phi) is 4.37. The van der Waals surface area contributed by atoms with Gasteiger partial charge in [-0.3, -0.25) is 4.79 Å². The summed E-state index contributed by atoms with van der Waals surface area (Å²) in [7, 11) is 0. The number of hydrogen-bond donors (Lipinski definition) is 2. The van der Waals surface area contributed by atoms with Crippen LogP contribution in [0.5, 0.6) is 5.75 Å². The van der Waals surface area contributed by atoms with E-state index in [9.17, 15) is 9.90 Å². The largest absolute Gasteiger partial charge is 0.484 e. The number of carbonyl (C=O) groups is 1. The number of ether oxygens (including phenoxy) is 1. The summed E-state index contributed by atoms with van der Waals surface area (Å²) in [6, 6.07) is 7.34. The fourth-order valence-corrected chi connectivity index (χ4v) is 2.18. The first-order valence-electron chi connectivity index (χ1n) is 6.28. The van der Waals surface area contributed by atoms with Gasteiger partial charge >= 0.3 is 0 Å². The Morgan fingerprint density at radius 3 is 3.21 bits per heavy atom. The number of aryl methyl sites for hydroxylation is 1. The number of carbonyl (C=O) groups excluding carboxylic acids is 1. The third-order valence-electron chi connectivity index (χ3n) is 3.13. The van der Waals surface area contributed by atoms with Crippen LogP contribution in [0.15, 0.2) is 18.2 Å². The van der Waals surface area contributed by atoms with E-state index in [1.807, 2.05) is 12.1 Å². The molecule has 0 fully saturated rings. The van der Waals surface area contributed by atoms with E-state index in [0.29, 0.717) is 5.75 Å². The molecule has 0 spiro atoms. The number of nitrogens with zero attached hydrogens (tertiary/aromatic N) is 1. The molecule has 1 aliphatic carbocycles. The van der Waals surface area contributed by atoms with E-state index in [4.69, 9.17) is 10.00 Å². The zero-order valence-electron chi connectivity index (χ0n) is 10.6. The van der Waals surface area contributed by atoms with Crippen molar-refractivity contribution in [3.05, 3.63) is 29.3 Å². The van der Waals surface area contributed by atoms with Gasteiger partial charge in [-0.05, 0) is 42.5 Å². The fraction of sp³-hybridized carbons (Fsp3) is 0.429. The van der Waals surface area contributed by atoms with E-state index >= 15 is 0 Å². The highest BCUT2D eigenvalue weighted by Crippen LogP contribution is 2.32. The second-order valence-electron chi connectivity index (χ2n) is 4.49. The highest BCUT2D eigenvalue weighted by molar-refractivity contribution is 5.77. The molecule has 19 heavy (non-hydrogen) atoms. The molecule has 5 nitrogen and oxygen atoms in total. The van der Waals surface area contributed by atoms with Gasteiger partial charge in [0, 0.05) is 0 Å². The van der Waals surface area contributed by atoms with Crippen molar-refractivity contribution in [3.8, 4) is 11.8 Å². The molecule has 0 bridgehead atoms. The number of aliphatic hydroxyl groups excluding tert-OH is 1. The summed E-state index contributed by atoms with van der Waals surface area (Å²) in [6.45, 7) is -0.151. The average Bonchev–Trinajstić information content (AvgIpc) is 2.43. The van der Waals surface area contributed by atoms with Crippen LogP contribution in [0.3, 0.4) is 0 Å². The maximum atomic E-state index is 11.3. The molecule has 2 N–H and O–H groups in total. The van der Waals surface area contributed by atoms with Gasteiger partial charge in [-0.1, -0.05) is 6.07 Å². The lowest BCUT2D eigenvalue weighted by molar-refractivity contribution is -0.122. The number of amides is 1. The lowest BCUT2D eigenvalue weighted by Gasteiger charge is -2.21. The Hall–Kier alpha value is -2.06. The fourth-order valence-electron chi connectivity index (χ4n) is 2.18. The number of hydrogen-bond acceptors (Lipinski definition) is 4. The molecule has 0 aromatic heterocycles. The standard InChI is InChI=1S/C14H16N2O3/c15-6-7-16-14(18)9-19-11-5-4-10-2-1-3-13(17)12(10)8-11/h4-5,8,13,17H,1-3,7,9H2,(H,16,18). The number of nitriles is 1. The van der Waals surface area contributed by atoms with Crippen LogP contribution in [0.1, 0.15) is 30.1 Å². The first-order chi connectivity index (χ1) is 9.20. The van der Waals surface area contributed by atoms with Crippen molar-refractivity contribution in [3.63, 3.8) is 0 Å². The van der Waals surface area contributed by atoms with Crippen molar-refractivity contribution in [2.45, 2.75) is 25.4 Å². The molecule has 0 aliphatic heterocycles. The van der Waals surface area contributed by atoms with Crippen molar-refractivity contribution in [1.29, 1.82) is 5.26 Å². The molecule has 1 aliphatic rings. The van der Waals surface area contributed by atoms with Crippen molar-refractivity contribution in [2.75, 3.05) is 13.2 Å². The van der Waals surface area contributed by atoms with Crippen molar-refractivity contribution < 1.29 is 14.6 Å². The Balaban J connectivity index is 1.97. The summed E-state index contributed by atoms with van der Waals surface area (Å²) in [5, 5.41) is 20.6. The zero-order valence-corrected chi connectivity index (χ0v) is 10.6. The summed E-state index contributed by atoms with van der Waals surface area (Å²) < 4.78 is 5.35. The van der Waals surface area contributed by atoms with Gasteiger partial charge in [0.2, 0.25) is 0 Å². The molecule has 0 saturated carbocycles. The predicted molar refractivity (Wildman–Crippen MR) is 68.5 cm³/mol. The molecule has 1 aromatic rings. The third-order valence-corrected chi connectivity index (χ3v) is 3.13. The first-order valence-corrected chi connectivity index (χ1v) is 6.28. The Bertz CT molecular complexity index is 508. The smallest absolute Gasteiger partial charge is 0.258 e. The van der Waals surface area contributed by atoms with Gasteiger partial charge < -0.3 is 15.2 Å². The molecule has 0 saturated heterocycles. The predicted octanol–water partition coefficient (Wildman–Crippen LogP) is 1.07. The van der Waals surface area contributed by atoms with Crippen LogP contribution >= 0.6 is 0 Å². The van der Waals surface area contributed by atoms with Gasteiger partial charge in [0.15, 0.2) is 6.61 Å². The van der Waals surface area contributed by atoms with Crippen LogP contribution in [-0.4, -0.2) is 24.2 Å². The summed E-state index contributed by atoms with van der Waals surface area (Å²) >= 11 is 0. The van der Waals surface area contributed by atoms with Crippen LogP contribution in [0.2, 0.25) is 0 Å². The quantitative estimate of drug-likeness (QED) is 0.793. The highest BCUT2D eigenvalue weighted by atomic mass is 16.5. The average molecular weight is 260 g/mol. The van der Waals surface area contributed by atoms with Crippen LogP contribution in [0.25, 0.3) is 0 Å². The molecule has 1 amide bonds. The second-order valence-corrected chi connectivity index (χ2v) is 4.49. The van der Waals surface area contributed by atoms with Crippen LogP contribution in [0, 0.1) is 11.3 Å². The molecule has 1 aromatic carbocycles. The Morgan fingerprint density at radius 2 is 2.42 bits per heavy atom. The molecule has 0 heterocycles. The van der Waals surface area contributed by atoms with Crippen LogP contribution in [-0.2, 0) is 11.2 Å². The summed E-state index contributed by atoms with van der Waals surface area (Å²) in [4.78, 5) is 11.3. The number of aliphatic hydroxyl groups is 1. The number of fused-ring (bicyclic) bond motifs is 1. The summed E-state index contributed by atoms with van der Waals surface area (Å²) in [5.41, 5.74) is 2.03. The third kappa shape index (κ3) is 3.46. The molecule has 1 atom stereocenters. The van der Waals surface area contributed by atoms with Crippen molar-refractivity contribution >= 4 is 5.91 Å². The monoisotopic (exact) mass is 260 g/mol. The Morgan fingerprint density at radius 1 is 1.58 bits per heavy atom. The molecule has 1 unspecified atom stereocenters. The number of nitrogens with one attached hydrogen (secondary N) is 1. The normalized spacial score (nSPS) is 17.2. The van der Waals surface area contributed by atoms with Gasteiger partial charge in [-0.2, -0.15) is 5.26 Å². The molecule has 2 rings (SSSR count). The highest BCUT2D eigenvalue weighted by Gasteiger charge is 2.18. The van der Waals surface area contributed by atoms with Gasteiger partial charge in [0.05, 0.1) is 12.2 Å². The minimum Gasteiger partial charge on any atom is -0.484 e. The molecule has 0 radical (unpaired) electrons. The SMILES string of the molecule is N#CCNC(=O)COc1ccc2c(c1)C(O)CCC2. The molecular weight excluding hydrogens is 244 g/mol. The van der Waals surface area contributed by atoms with E-state index in [1.165, 1.54) is 0 Å². The molecular formula is C14H16N2O3. The number of benzene rings is 1. The Labute approximate surface area is 111 Å². The lowest BCUT2D eigenvalue weighted by atomic mass is 9.89. The maximum Gasteiger partial charge on any atom is 0.258 e. The second kappa shape index (κ2) is 6.21. The van der Waals surface area contributed by atoms with Gasteiger partial charge in [-0.25, -0.2) is 0 Å². The minimum atomic E-state index is -0.445. The van der Waals surface area contributed by atoms with Gasteiger partial charge in [0.1, 0.15) is 12.3 Å². The molecule has 100 valence electrons. The van der Waals surface area contributed by atoms with Crippen LogP contribution in [0.4, 0.5) is 0 Å². The zero-order chi connectivity index (χ0) is 13.7. The van der Waals surface area contributed by atoms with E-state index in [1.54, 1.807) is 12.1 Å². The summed E-state index contributed by atoms with van der Waals surface area (Å²) in [6.07, 6.45) is 2.28. The topological polar surface area (TPSA) is 82.4 Å². The van der Waals surface area contributed by atoms with Gasteiger partial charge in [0.25, 0.3) is 5.91 Å². The minimum absolute atomic E-state index is 0.0227. The van der Waals surface area contributed by atoms with E-state index in [-0.39, 0.29) is 19.1 Å². The van der Waals surface area contributed by atoms with E-state index in [2.05, 4.69) is 5.32 Å². The first kappa shape index (κ1) is 13.4. The lowest BCUT2D eigenvalue weighted by Crippen LogP contribution is -2.29. The van der Waals surface area contributed by atoms with E-state index in [0.717, 1.165) is 30.4 Å². The summed E-state index contributed by atoms with van der Waals surface area (Å²) in [5.74, 6) is 0.228. The maximum absolute atomic E-state index is 11.3. The van der Waals surface area contributed by atoms with Crippen molar-refractivity contribution in [1.82, 2.24) is 5.32 Å². The van der Waals surface area contributed by atoms with E-state index < -0.39 is 6.10 Å².